The topological polar surface area (TPSA) is 66.5 Å². The monoisotopic (exact) mass is 456 g/mol. The lowest BCUT2D eigenvalue weighted by atomic mass is 9.99. The number of rotatable bonds is 4. The molecule has 0 aliphatic carbocycles. The molecular formula is C18H18BrClN2O3S. The highest BCUT2D eigenvalue weighted by molar-refractivity contribution is 9.10. The molecule has 0 unspecified atom stereocenters. The van der Waals surface area contributed by atoms with Gasteiger partial charge in [-0.05, 0) is 59.1 Å². The van der Waals surface area contributed by atoms with Gasteiger partial charge in [-0.3, -0.25) is 4.79 Å². The molecule has 2 aromatic carbocycles. The number of nitrogens with one attached hydrogen (secondary N) is 1. The molecule has 1 aliphatic rings. The zero-order valence-electron chi connectivity index (χ0n) is 13.9. The van der Waals surface area contributed by atoms with E-state index in [9.17, 15) is 13.2 Å². The van der Waals surface area contributed by atoms with Crippen LogP contribution in [0.4, 0.5) is 5.69 Å². The van der Waals surface area contributed by atoms with Crippen molar-refractivity contribution < 1.29 is 13.2 Å². The summed E-state index contributed by atoms with van der Waals surface area (Å²) >= 11 is 9.28. The molecule has 1 amide bonds. The standard InChI is InChI=1S/C18H18BrClN2O3S/c19-16-11-14(8-9-17(16)20)21-18(23)13-5-4-10-22(12-13)26(24,25)15-6-2-1-3-7-15/h1-3,6-9,11,13H,4-5,10,12H2,(H,21,23)/t13-/m0/s1. The lowest BCUT2D eigenvalue weighted by molar-refractivity contribution is -0.120. The molecule has 26 heavy (non-hydrogen) atoms. The van der Waals surface area contributed by atoms with Gasteiger partial charge in [0.05, 0.1) is 15.8 Å². The molecule has 0 spiro atoms. The third kappa shape index (κ3) is 4.28. The summed E-state index contributed by atoms with van der Waals surface area (Å²) in [5.41, 5.74) is 0.620. The van der Waals surface area contributed by atoms with E-state index in [1.54, 1.807) is 48.5 Å². The number of anilines is 1. The predicted octanol–water partition coefficient (Wildman–Crippen LogP) is 4.14. The molecule has 1 atom stereocenters. The number of sulfonamides is 1. The van der Waals surface area contributed by atoms with Crippen molar-refractivity contribution in [2.45, 2.75) is 17.7 Å². The zero-order chi connectivity index (χ0) is 18.7. The highest BCUT2D eigenvalue weighted by Gasteiger charge is 2.33. The number of hydrogen-bond acceptors (Lipinski definition) is 3. The van der Waals surface area contributed by atoms with E-state index >= 15 is 0 Å². The average molecular weight is 458 g/mol. The molecule has 1 N–H and O–H groups in total. The molecule has 3 rings (SSSR count). The first-order chi connectivity index (χ1) is 12.4. The molecule has 2 aromatic rings. The first kappa shape index (κ1) is 19.4. The van der Waals surface area contributed by atoms with E-state index in [1.165, 1.54) is 4.31 Å². The molecule has 1 fully saturated rings. The molecule has 0 bridgehead atoms. The molecule has 138 valence electrons. The lowest BCUT2D eigenvalue weighted by Crippen LogP contribution is -2.43. The Kier molecular flexibility index (Phi) is 6.02. The number of hydrogen-bond donors (Lipinski definition) is 1. The van der Waals surface area contributed by atoms with E-state index in [-0.39, 0.29) is 17.3 Å². The summed E-state index contributed by atoms with van der Waals surface area (Å²) in [6.07, 6.45) is 1.30. The Labute approximate surface area is 166 Å². The van der Waals surface area contributed by atoms with Crippen molar-refractivity contribution in [1.82, 2.24) is 4.31 Å². The molecular weight excluding hydrogens is 440 g/mol. The van der Waals surface area contributed by atoms with Crippen molar-refractivity contribution in [3.8, 4) is 0 Å². The number of amides is 1. The van der Waals surface area contributed by atoms with Crippen LogP contribution < -0.4 is 5.32 Å². The lowest BCUT2D eigenvalue weighted by Gasteiger charge is -2.31. The van der Waals surface area contributed by atoms with Crippen molar-refractivity contribution in [2.24, 2.45) is 5.92 Å². The summed E-state index contributed by atoms with van der Waals surface area (Å²) in [5.74, 6) is -0.580. The van der Waals surface area contributed by atoms with Crippen molar-refractivity contribution in [3.63, 3.8) is 0 Å². The Morgan fingerprint density at radius 3 is 2.62 bits per heavy atom. The first-order valence-electron chi connectivity index (χ1n) is 8.19. The smallest absolute Gasteiger partial charge is 0.243 e. The second-order valence-corrected chi connectivity index (χ2v) is 9.33. The summed E-state index contributed by atoms with van der Waals surface area (Å²) < 4.78 is 27.6. The Morgan fingerprint density at radius 1 is 1.19 bits per heavy atom. The van der Waals surface area contributed by atoms with Gasteiger partial charge in [0, 0.05) is 23.2 Å². The summed E-state index contributed by atoms with van der Waals surface area (Å²) in [6, 6.07) is 13.4. The maximum atomic E-state index is 12.8. The minimum Gasteiger partial charge on any atom is -0.326 e. The van der Waals surface area contributed by atoms with Crippen molar-refractivity contribution >= 4 is 49.1 Å². The Hall–Kier alpha value is -1.41. The summed E-state index contributed by atoms with van der Waals surface area (Å²) in [5, 5.41) is 3.40. The van der Waals surface area contributed by atoms with E-state index in [0.29, 0.717) is 34.6 Å². The Morgan fingerprint density at radius 2 is 1.92 bits per heavy atom. The van der Waals surface area contributed by atoms with Gasteiger partial charge in [-0.1, -0.05) is 29.8 Å². The van der Waals surface area contributed by atoms with Crippen LogP contribution in [0.5, 0.6) is 0 Å². The van der Waals surface area contributed by atoms with E-state index < -0.39 is 15.9 Å². The van der Waals surface area contributed by atoms with Crippen molar-refractivity contribution in [3.05, 3.63) is 58.0 Å². The average Bonchev–Trinajstić information content (AvgIpc) is 2.65. The number of benzene rings is 2. The van der Waals surface area contributed by atoms with Gasteiger partial charge in [0.1, 0.15) is 0 Å². The van der Waals surface area contributed by atoms with Gasteiger partial charge >= 0.3 is 0 Å². The van der Waals surface area contributed by atoms with Gasteiger partial charge in [0.15, 0.2) is 0 Å². The van der Waals surface area contributed by atoms with Crippen LogP contribution >= 0.6 is 27.5 Å². The third-order valence-electron chi connectivity index (χ3n) is 4.32. The quantitative estimate of drug-likeness (QED) is 0.750. The highest BCUT2D eigenvalue weighted by atomic mass is 79.9. The zero-order valence-corrected chi connectivity index (χ0v) is 17.0. The van der Waals surface area contributed by atoms with E-state index in [2.05, 4.69) is 21.2 Å². The number of piperidine rings is 1. The van der Waals surface area contributed by atoms with E-state index in [1.807, 2.05) is 0 Å². The Bertz CT molecular complexity index is 906. The number of halogens is 2. The summed E-state index contributed by atoms with van der Waals surface area (Å²) in [7, 11) is -3.59. The van der Waals surface area contributed by atoms with Crippen molar-refractivity contribution in [2.75, 3.05) is 18.4 Å². The second-order valence-electron chi connectivity index (χ2n) is 6.13. The normalized spacial score (nSPS) is 18.5. The maximum Gasteiger partial charge on any atom is 0.243 e. The maximum absolute atomic E-state index is 12.8. The van der Waals surface area contributed by atoms with E-state index in [0.717, 1.165) is 0 Å². The van der Waals surface area contributed by atoms with Crippen LogP contribution in [0.3, 0.4) is 0 Å². The molecule has 0 aromatic heterocycles. The van der Waals surface area contributed by atoms with Gasteiger partial charge in [0.25, 0.3) is 0 Å². The fraction of sp³-hybridized carbons (Fsp3) is 0.278. The van der Waals surface area contributed by atoms with Crippen LogP contribution in [-0.2, 0) is 14.8 Å². The van der Waals surface area contributed by atoms with Gasteiger partial charge in [-0.25, -0.2) is 8.42 Å². The summed E-state index contributed by atoms with van der Waals surface area (Å²) in [4.78, 5) is 12.8. The van der Waals surface area contributed by atoms with Crippen molar-refractivity contribution in [1.29, 1.82) is 0 Å². The van der Waals surface area contributed by atoms with Gasteiger partial charge in [-0.2, -0.15) is 4.31 Å². The van der Waals surface area contributed by atoms with Crippen LogP contribution in [0.15, 0.2) is 57.9 Å². The predicted molar refractivity (Wildman–Crippen MR) is 106 cm³/mol. The van der Waals surface area contributed by atoms with Crippen LogP contribution in [-0.4, -0.2) is 31.7 Å². The minimum atomic E-state index is -3.59. The van der Waals surface area contributed by atoms with Crippen LogP contribution in [0, 0.1) is 5.92 Å². The van der Waals surface area contributed by atoms with Crippen LogP contribution in [0.25, 0.3) is 0 Å². The van der Waals surface area contributed by atoms with Crippen LogP contribution in [0.1, 0.15) is 12.8 Å². The molecule has 0 radical (unpaired) electrons. The van der Waals surface area contributed by atoms with Gasteiger partial charge < -0.3 is 5.32 Å². The second kappa shape index (κ2) is 8.08. The van der Waals surface area contributed by atoms with Gasteiger partial charge in [0.2, 0.25) is 15.9 Å². The fourth-order valence-electron chi connectivity index (χ4n) is 2.93. The largest absolute Gasteiger partial charge is 0.326 e. The molecule has 0 saturated carbocycles. The Balaban J connectivity index is 1.71. The number of nitrogens with zero attached hydrogens (tertiary/aromatic N) is 1. The highest BCUT2D eigenvalue weighted by Crippen LogP contribution is 2.27. The fourth-order valence-corrected chi connectivity index (χ4v) is 4.98. The SMILES string of the molecule is O=C(Nc1ccc(Cl)c(Br)c1)[C@H]1CCCN(S(=O)(=O)c2ccccc2)C1. The molecule has 1 saturated heterocycles. The third-order valence-corrected chi connectivity index (χ3v) is 7.42. The minimum absolute atomic E-state index is 0.178. The number of carbonyl (C=O) groups is 1. The molecule has 1 aliphatic heterocycles. The molecule has 5 nitrogen and oxygen atoms in total. The summed E-state index contributed by atoms with van der Waals surface area (Å²) in [6.45, 7) is 0.603. The van der Waals surface area contributed by atoms with E-state index in [4.69, 9.17) is 11.6 Å². The van der Waals surface area contributed by atoms with Crippen LogP contribution in [0.2, 0.25) is 5.02 Å². The van der Waals surface area contributed by atoms with Gasteiger partial charge in [-0.15, -0.1) is 0 Å². The first-order valence-corrected chi connectivity index (χ1v) is 10.8. The molecule has 1 heterocycles. The number of carbonyl (C=O) groups excluding carboxylic acids is 1. The molecule has 8 heteroatoms.